The minimum absolute atomic E-state index is 0.144. The SMILES string of the molecule is CCCCCc1cc(OC(=O)C(C)(C)CC(C)(C)CCC(C)(C)CC(C)(C)C(=O)Oc2cccc3[nH]cc(CCN(C)C)c23)c2c(c1)OC(C)(C)[C@@H]1CCC(C)=C[C@@H]21. The molecular weight excluding hydrogens is 721 g/mol. The van der Waals surface area contributed by atoms with E-state index in [1.54, 1.807) is 0 Å². The third-order valence-corrected chi connectivity index (χ3v) is 13.0. The number of aromatic nitrogens is 1. The number of rotatable bonds is 18. The van der Waals surface area contributed by atoms with Crippen LogP contribution in [0.2, 0.25) is 0 Å². The lowest BCUT2D eigenvalue weighted by Crippen LogP contribution is -2.45. The van der Waals surface area contributed by atoms with Gasteiger partial charge in [0.1, 0.15) is 22.8 Å². The van der Waals surface area contributed by atoms with Crippen molar-refractivity contribution in [1.82, 2.24) is 9.88 Å². The van der Waals surface area contributed by atoms with Gasteiger partial charge in [-0.3, -0.25) is 9.59 Å². The number of H-pyrrole nitrogens is 1. The zero-order valence-electron chi connectivity index (χ0n) is 38.7. The molecule has 1 aliphatic heterocycles. The molecule has 2 aliphatic rings. The number of nitrogens with one attached hydrogen (secondary N) is 1. The molecule has 0 saturated carbocycles. The van der Waals surface area contributed by atoms with Crippen LogP contribution < -0.4 is 14.2 Å². The van der Waals surface area contributed by atoms with Crippen LogP contribution >= 0.6 is 0 Å². The number of aromatic amines is 1. The topological polar surface area (TPSA) is 80.9 Å². The average Bonchev–Trinajstić information content (AvgIpc) is 3.53. The van der Waals surface area contributed by atoms with E-state index in [4.69, 9.17) is 14.2 Å². The number of carbonyl (C=O) groups is 2. The molecule has 0 fully saturated rings. The van der Waals surface area contributed by atoms with Crippen molar-refractivity contribution >= 4 is 22.8 Å². The molecule has 2 heterocycles. The Balaban J connectivity index is 1.27. The molecule has 2 atom stereocenters. The molecule has 0 radical (unpaired) electrons. The smallest absolute Gasteiger partial charge is 0.316 e. The quantitative estimate of drug-likeness (QED) is 0.0598. The van der Waals surface area contributed by atoms with Crippen LogP contribution in [-0.4, -0.2) is 48.1 Å². The Morgan fingerprint density at radius 1 is 0.879 bits per heavy atom. The fourth-order valence-electron chi connectivity index (χ4n) is 10.1. The average molecular weight is 797 g/mol. The van der Waals surface area contributed by atoms with E-state index in [0.29, 0.717) is 30.3 Å². The summed E-state index contributed by atoms with van der Waals surface area (Å²) in [5, 5.41) is 0.984. The fraction of sp³-hybridized carbons (Fsp3) is 0.647. The first kappa shape index (κ1) is 45.5. The summed E-state index contributed by atoms with van der Waals surface area (Å²) in [5.74, 6) is 2.20. The third kappa shape index (κ3) is 11.0. The molecule has 0 amide bonds. The summed E-state index contributed by atoms with van der Waals surface area (Å²) >= 11 is 0. The van der Waals surface area contributed by atoms with E-state index in [1.165, 1.54) is 11.1 Å². The van der Waals surface area contributed by atoms with Crippen molar-refractivity contribution in [3.05, 3.63) is 64.9 Å². The standard InChI is InChI=1S/C51H76N2O5/c1-15-16-17-19-35-29-41(44-37-28-34(2)22-23-38(37)51(11,12)58-42(44)30-35)57-46(55)50(9,10)33-48(5,6)26-25-47(3,4)32-49(7,8)45(54)56-40-21-18-20-39-43(40)36(31-52-39)24-27-53(13)14/h18,20-21,28-31,37-38,52H,15-17,19,22-27,32-33H2,1-14H3/t37-,38-/m1/s1. The normalized spacial score (nSPS) is 18.4. The van der Waals surface area contributed by atoms with Crippen LogP contribution in [0.1, 0.15) is 163 Å². The molecule has 3 aromatic rings. The lowest BCUT2D eigenvalue weighted by molar-refractivity contribution is -0.147. The van der Waals surface area contributed by atoms with Gasteiger partial charge in [-0.25, -0.2) is 0 Å². The number of hydrogen-bond donors (Lipinski definition) is 1. The molecule has 7 nitrogen and oxygen atoms in total. The second-order valence-corrected chi connectivity index (χ2v) is 21.6. The van der Waals surface area contributed by atoms with Gasteiger partial charge in [-0.15, -0.1) is 0 Å². The maximum Gasteiger partial charge on any atom is 0.316 e. The number of benzene rings is 2. The highest BCUT2D eigenvalue weighted by Gasteiger charge is 2.47. The van der Waals surface area contributed by atoms with Gasteiger partial charge in [-0.05, 0) is 167 Å². The molecule has 5 rings (SSSR count). The van der Waals surface area contributed by atoms with Crippen molar-refractivity contribution < 1.29 is 23.8 Å². The number of hydrogen-bond acceptors (Lipinski definition) is 6. The molecule has 1 aliphatic carbocycles. The van der Waals surface area contributed by atoms with Crippen LogP contribution in [0, 0.1) is 27.6 Å². The number of esters is 2. The lowest BCUT2D eigenvalue weighted by Gasteiger charge is -2.47. The van der Waals surface area contributed by atoms with Crippen LogP contribution in [0.3, 0.4) is 0 Å². The molecule has 320 valence electrons. The first-order chi connectivity index (χ1) is 26.9. The van der Waals surface area contributed by atoms with E-state index in [0.717, 1.165) is 92.1 Å². The minimum Gasteiger partial charge on any atom is -0.487 e. The van der Waals surface area contributed by atoms with Crippen molar-refractivity contribution in [3.63, 3.8) is 0 Å². The van der Waals surface area contributed by atoms with Crippen LogP contribution in [0.15, 0.2) is 48.2 Å². The Hall–Kier alpha value is -3.58. The highest BCUT2D eigenvalue weighted by molar-refractivity contribution is 5.92. The molecule has 58 heavy (non-hydrogen) atoms. The molecule has 0 spiro atoms. The zero-order chi connectivity index (χ0) is 42.8. The molecule has 0 saturated heterocycles. The van der Waals surface area contributed by atoms with Crippen molar-refractivity contribution in [2.75, 3.05) is 20.6 Å². The van der Waals surface area contributed by atoms with Gasteiger partial charge < -0.3 is 24.1 Å². The van der Waals surface area contributed by atoms with Crippen molar-refractivity contribution in [1.29, 1.82) is 0 Å². The van der Waals surface area contributed by atoms with Gasteiger partial charge in [0.25, 0.3) is 0 Å². The Kier molecular flexibility index (Phi) is 13.8. The summed E-state index contributed by atoms with van der Waals surface area (Å²) in [7, 11) is 4.13. The number of aryl methyl sites for hydroxylation is 1. The van der Waals surface area contributed by atoms with Crippen LogP contribution in [-0.2, 0) is 22.4 Å². The van der Waals surface area contributed by atoms with Gasteiger partial charge in [0.05, 0.1) is 10.8 Å². The Bertz CT molecular complexity index is 1960. The van der Waals surface area contributed by atoms with E-state index in [1.807, 2.05) is 52.1 Å². The Morgan fingerprint density at radius 2 is 1.50 bits per heavy atom. The monoisotopic (exact) mass is 797 g/mol. The maximum atomic E-state index is 14.4. The largest absolute Gasteiger partial charge is 0.487 e. The van der Waals surface area contributed by atoms with Crippen LogP contribution in [0.5, 0.6) is 17.2 Å². The molecular formula is C51H76N2O5. The first-order valence-corrected chi connectivity index (χ1v) is 22.1. The third-order valence-electron chi connectivity index (χ3n) is 13.0. The predicted octanol–water partition coefficient (Wildman–Crippen LogP) is 12.8. The van der Waals surface area contributed by atoms with Crippen molar-refractivity contribution in [2.45, 2.75) is 165 Å². The summed E-state index contributed by atoms with van der Waals surface area (Å²) in [6.45, 7) is 26.9. The highest BCUT2D eigenvalue weighted by atomic mass is 16.5. The van der Waals surface area contributed by atoms with Crippen LogP contribution in [0.4, 0.5) is 0 Å². The second kappa shape index (κ2) is 17.6. The number of ether oxygens (including phenoxy) is 3. The second-order valence-electron chi connectivity index (χ2n) is 21.6. The van der Waals surface area contributed by atoms with Gasteiger partial charge in [-0.2, -0.15) is 0 Å². The number of likely N-dealkylation sites (N-methyl/N-ethyl adjacent to an activating group) is 1. The summed E-state index contributed by atoms with van der Waals surface area (Å²) in [6.07, 6.45) is 14.9. The summed E-state index contributed by atoms with van der Waals surface area (Å²) < 4.78 is 19.5. The summed E-state index contributed by atoms with van der Waals surface area (Å²) in [4.78, 5) is 33.7. The van der Waals surface area contributed by atoms with Crippen molar-refractivity contribution in [3.8, 4) is 17.2 Å². The molecule has 1 aromatic heterocycles. The van der Waals surface area contributed by atoms with E-state index >= 15 is 0 Å². The lowest BCUT2D eigenvalue weighted by atomic mass is 9.67. The predicted molar refractivity (Wildman–Crippen MR) is 239 cm³/mol. The van der Waals surface area contributed by atoms with Crippen molar-refractivity contribution in [2.24, 2.45) is 27.6 Å². The van der Waals surface area contributed by atoms with Gasteiger partial charge in [0.15, 0.2) is 0 Å². The Morgan fingerprint density at radius 3 is 2.10 bits per heavy atom. The number of allylic oxidation sites excluding steroid dienone is 2. The van der Waals surface area contributed by atoms with Gasteiger partial charge >= 0.3 is 11.9 Å². The highest BCUT2D eigenvalue weighted by Crippen LogP contribution is 2.54. The van der Waals surface area contributed by atoms with E-state index in [2.05, 4.69) is 97.6 Å². The molecule has 2 aromatic carbocycles. The van der Waals surface area contributed by atoms with Gasteiger partial charge in [0.2, 0.25) is 0 Å². The van der Waals surface area contributed by atoms with E-state index < -0.39 is 10.8 Å². The first-order valence-electron chi connectivity index (χ1n) is 22.1. The number of fused-ring (bicyclic) bond motifs is 4. The number of carbonyl (C=O) groups excluding carboxylic acids is 2. The van der Waals surface area contributed by atoms with E-state index in [9.17, 15) is 9.59 Å². The van der Waals surface area contributed by atoms with Gasteiger partial charge in [-0.1, -0.05) is 65.2 Å². The molecule has 0 unspecified atom stereocenters. The summed E-state index contributed by atoms with van der Waals surface area (Å²) in [5.41, 5.74) is 3.68. The number of nitrogens with zero attached hydrogens (tertiary/aromatic N) is 1. The maximum absolute atomic E-state index is 14.4. The summed E-state index contributed by atoms with van der Waals surface area (Å²) in [6, 6.07) is 10.2. The van der Waals surface area contributed by atoms with Gasteiger partial charge in [0, 0.05) is 41.0 Å². The Labute approximate surface area is 351 Å². The van der Waals surface area contributed by atoms with Crippen LogP contribution in [0.25, 0.3) is 10.9 Å². The zero-order valence-corrected chi connectivity index (χ0v) is 38.7. The fourth-order valence-corrected chi connectivity index (χ4v) is 10.1. The molecule has 0 bridgehead atoms. The molecule has 7 heteroatoms. The molecule has 1 N–H and O–H groups in total. The van der Waals surface area contributed by atoms with E-state index in [-0.39, 0.29) is 34.3 Å². The number of unbranched alkanes of at least 4 members (excludes halogenated alkanes) is 2. The minimum atomic E-state index is -0.723.